The Balaban J connectivity index is 1.46. The fourth-order valence-electron chi connectivity index (χ4n) is 3.33. The highest BCUT2D eigenvalue weighted by atomic mass is 16.6. The summed E-state index contributed by atoms with van der Waals surface area (Å²) >= 11 is 0. The standard InChI is InChI=1S/C20H22N2O3/c23-20(17-4-2-1-3-5-17)18-11-14-21(15-12-18)13-10-16-6-8-19(9-7-16)22(24)25/h1-9,18H,10-15H2. The molecule has 0 N–H and O–H groups in total. The lowest BCUT2D eigenvalue weighted by molar-refractivity contribution is -0.384. The van der Waals surface area contributed by atoms with Crippen molar-refractivity contribution in [1.29, 1.82) is 0 Å². The minimum atomic E-state index is -0.377. The lowest BCUT2D eigenvalue weighted by Gasteiger charge is -2.31. The molecule has 0 spiro atoms. The Morgan fingerprint density at radius 1 is 1.04 bits per heavy atom. The zero-order valence-electron chi connectivity index (χ0n) is 14.1. The zero-order chi connectivity index (χ0) is 17.6. The van der Waals surface area contributed by atoms with Gasteiger partial charge in [0.25, 0.3) is 5.69 Å². The van der Waals surface area contributed by atoms with E-state index in [0.29, 0.717) is 0 Å². The van der Waals surface area contributed by atoms with Crippen LogP contribution in [0.3, 0.4) is 0 Å². The normalized spacial score (nSPS) is 15.8. The third kappa shape index (κ3) is 4.51. The van der Waals surface area contributed by atoms with Gasteiger partial charge in [-0.25, -0.2) is 0 Å². The number of nitrogens with zero attached hydrogens (tertiary/aromatic N) is 2. The number of nitro benzene ring substituents is 1. The van der Waals surface area contributed by atoms with Crippen molar-refractivity contribution in [3.05, 3.63) is 75.8 Å². The number of hydrogen-bond acceptors (Lipinski definition) is 4. The molecular weight excluding hydrogens is 316 g/mol. The topological polar surface area (TPSA) is 63.5 Å². The second kappa shape index (κ2) is 8.03. The molecule has 5 nitrogen and oxygen atoms in total. The van der Waals surface area contributed by atoms with Gasteiger partial charge in [0.05, 0.1) is 4.92 Å². The molecular formula is C20H22N2O3. The average Bonchev–Trinajstić information content (AvgIpc) is 2.67. The van der Waals surface area contributed by atoms with Gasteiger partial charge in [0.2, 0.25) is 0 Å². The summed E-state index contributed by atoms with van der Waals surface area (Å²) in [6.45, 7) is 2.77. The van der Waals surface area contributed by atoms with Gasteiger partial charge in [0, 0.05) is 30.2 Å². The molecule has 2 aromatic carbocycles. The third-order valence-electron chi connectivity index (χ3n) is 4.88. The summed E-state index contributed by atoms with van der Waals surface area (Å²) in [6, 6.07) is 16.3. The SMILES string of the molecule is O=C(c1ccccc1)C1CCN(CCc2ccc([N+](=O)[O-])cc2)CC1. The van der Waals surface area contributed by atoms with Crippen LogP contribution in [0.2, 0.25) is 0 Å². The fourth-order valence-corrected chi connectivity index (χ4v) is 3.33. The van der Waals surface area contributed by atoms with Crippen LogP contribution in [0.25, 0.3) is 0 Å². The number of rotatable bonds is 6. The molecule has 3 rings (SSSR count). The molecule has 2 aromatic rings. The summed E-state index contributed by atoms with van der Waals surface area (Å²) in [6.07, 6.45) is 2.66. The summed E-state index contributed by atoms with van der Waals surface area (Å²) in [7, 11) is 0. The Hall–Kier alpha value is -2.53. The third-order valence-corrected chi connectivity index (χ3v) is 4.88. The molecule has 0 saturated carbocycles. The van der Waals surface area contributed by atoms with Gasteiger partial charge in [-0.1, -0.05) is 42.5 Å². The number of Topliss-reactive ketones (excluding diaryl/α,β-unsaturated/α-hetero) is 1. The molecule has 0 amide bonds. The summed E-state index contributed by atoms with van der Waals surface area (Å²) in [5, 5.41) is 10.7. The van der Waals surface area contributed by atoms with Crippen LogP contribution < -0.4 is 0 Å². The van der Waals surface area contributed by atoms with E-state index in [9.17, 15) is 14.9 Å². The lowest BCUT2D eigenvalue weighted by atomic mass is 9.89. The predicted molar refractivity (Wildman–Crippen MR) is 96.7 cm³/mol. The van der Waals surface area contributed by atoms with Crippen molar-refractivity contribution in [2.75, 3.05) is 19.6 Å². The monoisotopic (exact) mass is 338 g/mol. The average molecular weight is 338 g/mol. The number of hydrogen-bond donors (Lipinski definition) is 0. The number of carbonyl (C=O) groups is 1. The molecule has 0 aromatic heterocycles. The second-order valence-corrected chi connectivity index (χ2v) is 6.52. The van der Waals surface area contributed by atoms with Crippen molar-refractivity contribution in [1.82, 2.24) is 4.90 Å². The predicted octanol–water partition coefficient (Wildman–Crippen LogP) is 3.73. The highest BCUT2D eigenvalue weighted by molar-refractivity contribution is 5.97. The number of likely N-dealkylation sites (tertiary alicyclic amines) is 1. The number of ketones is 1. The maximum Gasteiger partial charge on any atom is 0.269 e. The van der Waals surface area contributed by atoms with E-state index < -0.39 is 0 Å². The van der Waals surface area contributed by atoms with Gasteiger partial charge >= 0.3 is 0 Å². The molecule has 1 fully saturated rings. The second-order valence-electron chi connectivity index (χ2n) is 6.52. The first-order valence-corrected chi connectivity index (χ1v) is 8.68. The molecule has 1 aliphatic heterocycles. The van der Waals surface area contributed by atoms with Crippen LogP contribution in [0.4, 0.5) is 5.69 Å². The van der Waals surface area contributed by atoms with Crippen LogP contribution in [0, 0.1) is 16.0 Å². The van der Waals surface area contributed by atoms with E-state index >= 15 is 0 Å². The highest BCUT2D eigenvalue weighted by Gasteiger charge is 2.25. The van der Waals surface area contributed by atoms with E-state index in [4.69, 9.17) is 0 Å². The summed E-state index contributed by atoms with van der Waals surface area (Å²) < 4.78 is 0. The Bertz CT molecular complexity index is 720. The molecule has 25 heavy (non-hydrogen) atoms. The van der Waals surface area contributed by atoms with E-state index in [2.05, 4.69) is 4.90 Å². The first kappa shape index (κ1) is 17.3. The number of nitro groups is 1. The Morgan fingerprint density at radius 2 is 1.68 bits per heavy atom. The first-order valence-electron chi connectivity index (χ1n) is 8.68. The van der Waals surface area contributed by atoms with Gasteiger partial charge in [0.15, 0.2) is 5.78 Å². The van der Waals surface area contributed by atoms with Gasteiger partial charge in [-0.15, -0.1) is 0 Å². The lowest BCUT2D eigenvalue weighted by Crippen LogP contribution is -2.37. The molecule has 1 aliphatic rings. The Kier molecular flexibility index (Phi) is 5.56. The van der Waals surface area contributed by atoms with Gasteiger partial charge in [-0.2, -0.15) is 0 Å². The van der Waals surface area contributed by atoms with Gasteiger partial charge in [0.1, 0.15) is 0 Å². The minimum Gasteiger partial charge on any atom is -0.303 e. The number of benzene rings is 2. The molecule has 0 unspecified atom stereocenters. The molecule has 1 heterocycles. The van der Waals surface area contributed by atoms with Gasteiger partial charge in [-0.05, 0) is 37.9 Å². The summed E-state index contributed by atoms with van der Waals surface area (Å²) in [4.78, 5) is 25.2. The maximum atomic E-state index is 12.5. The molecule has 0 bridgehead atoms. The van der Waals surface area contributed by atoms with Crippen molar-refractivity contribution in [3.63, 3.8) is 0 Å². The Labute approximate surface area is 147 Å². The zero-order valence-corrected chi connectivity index (χ0v) is 14.1. The molecule has 0 radical (unpaired) electrons. The molecule has 5 heteroatoms. The summed E-state index contributed by atoms with van der Waals surface area (Å²) in [5.41, 5.74) is 2.05. The molecule has 1 saturated heterocycles. The van der Waals surface area contributed by atoms with Crippen molar-refractivity contribution in [3.8, 4) is 0 Å². The fraction of sp³-hybridized carbons (Fsp3) is 0.350. The van der Waals surface area contributed by atoms with E-state index in [1.807, 2.05) is 42.5 Å². The van der Waals surface area contributed by atoms with Gasteiger partial charge in [-0.3, -0.25) is 14.9 Å². The Morgan fingerprint density at radius 3 is 2.28 bits per heavy atom. The van der Waals surface area contributed by atoms with E-state index in [1.54, 1.807) is 12.1 Å². The first-order chi connectivity index (χ1) is 12.1. The van der Waals surface area contributed by atoms with E-state index in [1.165, 1.54) is 0 Å². The van der Waals surface area contributed by atoms with Crippen LogP contribution in [0.1, 0.15) is 28.8 Å². The summed E-state index contributed by atoms with van der Waals surface area (Å²) in [5.74, 6) is 0.383. The van der Waals surface area contributed by atoms with Crippen molar-refractivity contribution < 1.29 is 9.72 Å². The van der Waals surface area contributed by atoms with Crippen LogP contribution in [-0.4, -0.2) is 35.2 Å². The van der Waals surface area contributed by atoms with Crippen molar-refractivity contribution in [2.24, 2.45) is 5.92 Å². The van der Waals surface area contributed by atoms with Gasteiger partial charge < -0.3 is 4.90 Å². The molecule has 130 valence electrons. The smallest absolute Gasteiger partial charge is 0.269 e. The number of non-ortho nitro benzene ring substituents is 1. The maximum absolute atomic E-state index is 12.5. The van der Waals surface area contributed by atoms with E-state index in [-0.39, 0.29) is 22.3 Å². The van der Waals surface area contributed by atoms with Crippen molar-refractivity contribution in [2.45, 2.75) is 19.3 Å². The van der Waals surface area contributed by atoms with Crippen molar-refractivity contribution >= 4 is 11.5 Å². The molecule has 0 atom stereocenters. The van der Waals surface area contributed by atoms with Crippen LogP contribution in [-0.2, 0) is 6.42 Å². The largest absolute Gasteiger partial charge is 0.303 e. The van der Waals surface area contributed by atoms with Crippen LogP contribution >= 0.6 is 0 Å². The quantitative estimate of drug-likeness (QED) is 0.457. The van der Waals surface area contributed by atoms with Crippen LogP contribution in [0.15, 0.2) is 54.6 Å². The van der Waals surface area contributed by atoms with E-state index in [0.717, 1.165) is 50.0 Å². The number of piperidine rings is 1. The minimum absolute atomic E-state index is 0.123. The number of carbonyl (C=O) groups excluding carboxylic acids is 1. The highest BCUT2D eigenvalue weighted by Crippen LogP contribution is 2.22. The van der Waals surface area contributed by atoms with Crippen LogP contribution in [0.5, 0.6) is 0 Å². The molecule has 0 aliphatic carbocycles.